The molecule has 2 heterocycles. The van der Waals surface area contributed by atoms with E-state index < -0.39 is 17.2 Å². The molecule has 0 radical (unpaired) electrons. The topological polar surface area (TPSA) is 63.7 Å². The van der Waals surface area contributed by atoms with Crippen molar-refractivity contribution in [3.8, 4) is 5.75 Å². The van der Waals surface area contributed by atoms with Crippen molar-refractivity contribution in [1.82, 2.24) is 15.2 Å². The number of hydrogen-bond acceptors (Lipinski definition) is 6. The van der Waals surface area contributed by atoms with Gasteiger partial charge in [-0.1, -0.05) is 12.2 Å². The maximum atomic E-state index is 13.9. The van der Waals surface area contributed by atoms with E-state index in [2.05, 4.69) is 15.2 Å². The van der Waals surface area contributed by atoms with E-state index in [9.17, 15) is 13.6 Å². The third kappa shape index (κ3) is 5.66. The largest absolute Gasteiger partial charge is 0.497 e. The molecule has 1 aliphatic rings. The molecule has 0 saturated carbocycles. The van der Waals surface area contributed by atoms with Crippen LogP contribution in [0.2, 0.25) is 0 Å². The minimum Gasteiger partial charge on any atom is -0.497 e. The Labute approximate surface area is 203 Å². The van der Waals surface area contributed by atoms with Crippen LogP contribution < -0.4 is 10.1 Å². The molecule has 2 aromatic carbocycles. The van der Waals surface area contributed by atoms with Crippen LogP contribution in [0.15, 0.2) is 54.7 Å². The Balaban J connectivity index is 1.41. The van der Waals surface area contributed by atoms with Crippen LogP contribution in [-0.2, 0) is 16.0 Å². The van der Waals surface area contributed by atoms with Gasteiger partial charge in [0.05, 0.1) is 19.7 Å². The third-order valence-corrected chi connectivity index (χ3v) is 6.44. The smallest absolute Gasteiger partial charge is 0.327 e. The van der Waals surface area contributed by atoms with Crippen LogP contribution in [0.3, 0.4) is 0 Å². The van der Waals surface area contributed by atoms with Crippen molar-refractivity contribution >= 4 is 22.9 Å². The SMILES string of the molecule is COC(=O)C1(NCCc2ccnc3ccc(OC)cc23)CCN(C/C=C/c2cc(F)ccc2F)C1. The van der Waals surface area contributed by atoms with Crippen molar-refractivity contribution < 1.29 is 23.0 Å². The summed E-state index contributed by atoms with van der Waals surface area (Å²) in [6.07, 6.45) is 6.41. The quantitative estimate of drug-likeness (QED) is 0.467. The first-order chi connectivity index (χ1) is 16.9. The number of nitrogens with one attached hydrogen (secondary N) is 1. The van der Waals surface area contributed by atoms with E-state index in [1.165, 1.54) is 7.11 Å². The van der Waals surface area contributed by atoms with E-state index in [4.69, 9.17) is 9.47 Å². The number of esters is 1. The highest BCUT2D eigenvalue weighted by atomic mass is 19.1. The molecule has 1 unspecified atom stereocenters. The van der Waals surface area contributed by atoms with Gasteiger partial charge < -0.3 is 14.8 Å². The van der Waals surface area contributed by atoms with Gasteiger partial charge in [-0.25, -0.2) is 8.78 Å². The predicted molar refractivity (Wildman–Crippen MR) is 131 cm³/mol. The lowest BCUT2D eigenvalue weighted by Crippen LogP contribution is -2.55. The number of benzene rings is 2. The van der Waals surface area contributed by atoms with E-state index in [1.54, 1.807) is 25.5 Å². The molecule has 1 aliphatic heterocycles. The van der Waals surface area contributed by atoms with Crippen LogP contribution in [0.4, 0.5) is 8.78 Å². The first-order valence-corrected chi connectivity index (χ1v) is 11.5. The van der Waals surface area contributed by atoms with Crippen molar-refractivity contribution in [3.05, 3.63) is 77.5 Å². The van der Waals surface area contributed by atoms with Gasteiger partial charge in [0.2, 0.25) is 0 Å². The van der Waals surface area contributed by atoms with Crippen LogP contribution in [0.5, 0.6) is 5.75 Å². The Morgan fingerprint density at radius 2 is 2.06 bits per heavy atom. The highest BCUT2D eigenvalue weighted by Gasteiger charge is 2.44. The molecule has 184 valence electrons. The van der Waals surface area contributed by atoms with Gasteiger partial charge in [0.25, 0.3) is 0 Å². The average Bonchev–Trinajstić information content (AvgIpc) is 3.29. The molecule has 8 heteroatoms. The third-order valence-electron chi connectivity index (χ3n) is 6.44. The summed E-state index contributed by atoms with van der Waals surface area (Å²) < 4.78 is 37.7. The van der Waals surface area contributed by atoms with E-state index in [0.29, 0.717) is 39.0 Å². The second kappa shape index (κ2) is 10.9. The molecule has 6 nitrogen and oxygen atoms in total. The number of likely N-dealkylation sites (tertiary alicyclic amines) is 1. The molecule has 0 spiro atoms. The number of rotatable bonds is 9. The van der Waals surface area contributed by atoms with Crippen molar-refractivity contribution in [2.24, 2.45) is 0 Å². The number of pyridine rings is 1. The number of hydrogen-bond donors (Lipinski definition) is 1. The van der Waals surface area contributed by atoms with Crippen LogP contribution in [-0.4, -0.2) is 61.8 Å². The monoisotopic (exact) mass is 481 g/mol. The van der Waals surface area contributed by atoms with E-state index in [-0.39, 0.29) is 11.5 Å². The van der Waals surface area contributed by atoms with Gasteiger partial charge in [-0.15, -0.1) is 0 Å². The molecule has 0 bridgehead atoms. The maximum absolute atomic E-state index is 13.9. The number of methoxy groups -OCH3 is 2. The highest BCUT2D eigenvalue weighted by Crippen LogP contribution is 2.25. The molecule has 1 atom stereocenters. The molecule has 3 aromatic rings. The second-order valence-electron chi connectivity index (χ2n) is 8.66. The molecule has 0 aliphatic carbocycles. The lowest BCUT2D eigenvalue weighted by atomic mass is 9.98. The first kappa shape index (κ1) is 24.8. The number of fused-ring (bicyclic) bond motifs is 1. The summed E-state index contributed by atoms with van der Waals surface area (Å²) in [4.78, 5) is 19.3. The van der Waals surface area contributed by atoms with Gasteiger partial charge in [-0.05, 0) is 60.9 Å². The summed E-state index contributed by atoms with van der Waals surface area (Å²) in [6.45, 7) is 2.21. The molecule has 1 saturated heterocycles. The molecular formula is C27H29F2N3O3. The predicted octanol–water partition coefficient (Wildman–Crippen LogP) is 3.98. The van der Waals surface area contributed by atoms with E-state index >= 15 is 0 Å². The number of nitrogens with zero attached hydrogens (tertiary/aromatic N) is 2. The van der Waals surface area contributed by atoms with Gasteiger partial charge in [-0.2, -0.15) is 0 Å². The van der Waals surface area contributed by atoms with Crippen LogP contribution in [0.25, 0.3) is 17.0 Å². The Morgan fingerprint density at radius 1 is 1.20 bits per heavy atom. The van der Waals surface area contributed by atoms with Gasteiger partial charge >= 0.3 is 5.97 Å². The van der Waals surface area contributed by atoms with Crippen molar-refractivity contribution in [2.45, 2.75) is 18.4 Å². The summed E-state index contributed by atoms with van der Waals surface area (Å²) >= 11 is 0. The summed E-state index contributed by atoms with van der Waals surface area (Å²) in [5, 5.41) is 4.46. The lowest BCUT2D eigenvalue weighted by molar-refractivity contribution is -0.148. The fourth-order valence-corrected chi connectivity index (χ4v) is 4.56. The average molecular weight is 482 g/mol. The fourth-order valence-electron chi connectivity index (χ4n) is 4.56. The zero-order valence-electron chi connectivity index (χ0n) is 19.9. The normalized spacial score (nSPS) is 18.4. The summed E-state index contributed by atoms with van der Waals surface area (Å²) in [6, 6.07) is 11.1. The van der Waals surface area contributed by atoms with Crippen molar-refractivity contribution in [1.29, 1.82) is 0 Å². The van der Waals surface area contributed by atoms with Gasteiger partial charge in [-0.3, -0.25) is 14.7 Å². The van der Waals surface area contributed by atoms with E-state index in [1.807, 2.05) is 24.3 Å². The molecule has 1 aromatic heterocycles. The molecular weight excluding hydrogens is 452 g/mol. The lowest BCUT2D eigenvalue weighted by Gasteiger charge is -2.28. The van der Waals surface area contributed by atoms with E-state index in [0.717, 1.165) is 40.4 Å². The second-order valence-corrected chi connectivity index (χ2v) is 8.66. The van der Waals surface area contributed by atoms with Crippen LogP contribution in [0, 0.1) is 11.6 Å². The molecule has 4 rings (SSSR count). The van der Waals surface area contributed by atoms with Gasteiger partial charge in [0, 0.05) is 43.3 Å². The molecule has 1 fully saturated rings. The first-order valence-electron chi connectivity index (χ1n) is 11.5. The standard InChI is InChI=1S/C27H29F2N3O3/c1-34-22-6-8-25-23(17-22)19(9-12-30-25)10-13-31-27(26(33)35-2)11-15-32(18-27)14-3-4-20-16-21(28)5-7-24(20)29/h3-9,12,16-17,31H,10-11,13-15,18H2,1-2H3/b4-3+. The molecule has 1 N–H and O–H groups in total. The highest BCUT2D eigenvalue weighted by molar-refractivity contribution is 5.84. The Hall–Kier alpha value is -3.36. The Bertz CT molecular complexity index is 1230. The maximum Gasteiger partial charge on any atom is 0.327 e. The van der Waals surface area contributed by atoms with Crippen molar-refractivity contribution in [2.75, 3.05) is 40.4 Å². The summed E-state index contributed by atoms with van der Waals surface area (Å²) in [5.74, 6) is -0.498. The Morgan fingerprint density at radius 3 is 2.86 bits per heavy atom. The minimum absolute atomic E-state index is 0.197. The fraction of sp³-hybridized carbons (Fsp3) is 0.333. The van der Waals surface area contributed by atoms with Crippen molar-refractivity contribution in [3.63, 3.8) is 0 Å². The Kier molecular flexibility index (Phi) is 7.73. The molecule has 0 amide bonds. The minimum atomic E-state index is -0.826. The number of aromatic nitrogens is 1. The number of carbonyl (C=O) groups excluding carboxylic acids is 1. The number of ether oxygens (including phenoxy) is 2. The number of halogens is 2. The molecule has 35 heavy (non-hydrogen) atoms. The van der Waals surface area contributed by atoms with Crippen LogP contribution in [0.1, 0.15) is 17.5 Å². The van der Waals surface area contributed by atoms with Gasteiger partial charge in [0.1, 0.15) is 22.9 Å². The zero-order valence-corrected chi connectivity index (χ0v) is 19.9. The van der Waals surface area contributed by atoms with Crippen LogP contribution >= 0.6 is 0 Å². The zero-order chi connectivity index (χ0) is 24.8. The number of carbonyl (C=O) groups is 1. The van der Waals surface area contributed by atoms with Gasteiger partial charge in [0.15, 0.2) is 0 Å². The summed E-state index contributed by atoms with van der Waals surface area (Å²) in [5.41, 5.74) is 1.37. The summed E-state index contributed by atoms with van der Waals surface area (Å²) in [7, 11) is 3.03.